The zero-order chi connectivity index (χ0) is 14.5. The van der Waals surface area contributed by atoms with Gasteiger partial charge in [0, 0.05) is 30.8 Å². The van der Waals surface area contributed by atoms with Crippen molar-refractivity contribution in [3.8, 4) is 0 Å². The van der Waals surface area contributed by atoms with Crippen LogP contribution in [0.25, 0.3) is 0 Å². The number of oxime groups is 1. The molecule has 1 unspecified atom stereocenters. The van der Waals surface area contributed by atoms with Crippen molar-refractivity contribution in [1.29, 1.82) is 0 Å². The van der Waals surface area contributed by atoms with Crippen LogP contribution in [0, 0.1) is 5.92 Å². The minimum absolute atomic E-state index is 0.0769. The summed E-state index contributed by atoms with van der Waals surface area (Å²) in [7, 11) is 1.82. The van der Waals surface area contributed by atoms with Crippen molar-refractivity contribution in [3.05, 3.63) is 35.4 Å². The van der Waals surface area contributed by atoms with Gasteiger partial charge in [0.15, 0.2) is 5.84 Å². The van der Waals surface area contributed by atoms with Gasteiger partial charge in [-0.2, -0.15) is 11.8 Å². The fraction of sp³-hybridized carbons (Fsp3) is 0.429. The van der Waals surface area contributed by atoms with E-state index in [0.717, 1.165) is 23.5 Å². The number of carbonyl (C=O) groups excluding carboxylic acids is 1. The number of carbonyl (C=O) groups is 1. The number of rotatable bonds is 4. The van der Waals surface area contributed by atoms with Crippen molar-refractivity contribution < 1.29 is 10.0 Å². The summed E-state index contributed by atoms with van der Waals surface area (Å²) in [5, 5.41) is 11.7. The molecule has 0 bridgehead atoms. The molecule has 0 spiro atoms. The molecule has 1 aliphatic heterocycles. The Morgan fingerprint density at radius 2 is 2.40 bits per heavy atom. The molecule has 1 saturated heterocycles. The Morgan fingerprint density at radius 3 is 3.05 bits per heavy atom. The molecule has 108 valence electrons. The van der Waals surface area contributed by atoms with Gasteiger partial charge in [-0.25, -0.2) is 0 Å². The van der Waals surface area contributed by atoms with Crippen LogP contribution in [0.5, 0.6) is 0 Å². The lowest BCUT2D eigenvalue weighted by molar-refractivity contribution is -0.133. The van der Waals surface area contributed by atoms with E-state index in [1.54, 1.807) is 11.0 Å². The molecule has 6 heteroatoms. The van der Waals surface area contributed by atoms with Gasteiger partial charge < -0.3 is 15.8 Å². The van der Waals surface area contributed by atoms with Crippen molar-refractivity contribution in [2.75, 3.05) is 18.6 Å². The lowest BCUT2D eigenvalue weighted by Gasteiger charge is -2.21. The maximum Gasteiger partial charge on any atom is 0.226 e. The third kappa shape index (κ3) is 3.45. The van der Waals surface area contributed by atoms with Gasteiger partial charge in [0.25, 0.3) is 0 Å². The molecule has 0 aromatic heterocycles. The van der Waals surface area contributed by atoms with Crippen LogP contribution < -0.4 is 5.73 Å². The molecule has 1 aromatic rings. The second-order valence-electron chi connectivity index (χ2n) is 4.94. The number of amidine groups is 1. The maximum absolute atomic E-state index is 12.2. The van der Waals surface area contributed by atoms with Crippen LogP contribution in [0.4, 0.5) is 0 Å². The molecule has 1 heterocycles. The summed E-state index contributed by atoms with van der Waals surface area (Å²) in [4.78, 5) is 14.0. The van der Waals surface area contributed by atoms with Crippen LogP contribution in [0.1, 0.15) is 17.5 Å². The van der Waals surface area contributed by atoms with Gasteiger partial charge in [0.2, 0.25) is 5.91 Å². The molecular weight excluding hydrogens is 274 g/mol. The Morgan fingerprint density at radius 1 is 1.60 bits per heavy atom. The normalized spacial score (nSPS) is 19.1. The molecular formula is C14H19N3O2S. The number of benzene rings is 1. The molecule has 0 radical (unpaired) electrons. The quantitative estimate of drug-likeness (QED) is 0.381. The second kappa shape index (κ2) is 6.65. The fourth-order valence-electron chi connectivity index (χ4n) is 2.28. The fourth-order valence-corrected chi connectivity index (χ4v) is 3.49. The van der Waals surface area contributed by atoms with E-state index in [9.17, 15) is 4.79 Å². The average molecular weight is 293 g/mol. The highest BCUT2D eigenvalue weighted by Gasteiger charge is 2.25. The summed E-state index contributed by atoms with van der Waals surface area (Å²) in [6.07, 6.45) is 0.970. The molecule has 1 atom stereocenters. The molecule has 1 amide bonds. The number of hydrogen-bond acceptors (Lipinski definition) is 4. The van der Waals surface area contributed by atoms with Gasteiger partial charge in [-0.3, -0.25) is 4.79 Å². The van der Waals surface area contributed by atoms with Gasteiger partial charge in [0.05, 0.1) is 0 Å². The lowest BCUT2D eigenvalue weighted by atomic mass is 10.1. The molecule has 3 N–H and O–H groups in total. The molecule has 1 aromatic carbocycles. The van der Waals surface area contributed by atoms with E-state index in [4.69, 9.17) is 10.9 Å². The number of nitrogens with two attached hydrogens (primary N) is 1. The van der Waals surface area contributed by atoms with Crippen molar-refractivity contribution in [3.63, 3.8) is 0 Å². The molecule has 2 rings (SSSR count). The van der Waals surface area contributed by atoms with E-state index < -0.39 is 0 Å². The van der Waals surface area contributed by atoms with Gasteiger partial charge in [-0.05, 0) is 23.8 Å². The largest absolute Gasteiger partial charge is 0.409 e. The molecule has 0 aliphatic carbocycles. The SMILES string of the molecule is CN(Cc1cccc(C(N)=NO)c1)C(=O)C1CCSC1. The standard InChI is InChI=1S/C14H19N3O2S/c1-17(14(18)12-5-6-20-9-12)8-10-3-2-4-11(7-10)13(15)16-19/h2-4,7,12,19H,5-6,8-9H2,1H3,(H2,15,16). The second-order valence-corrected chi connectivity index (χ2v) is 6.09. The van der Waals surface area contributed by atoms with Gasteiger partial charge in [-0.15, -0.1) is 0 Å². The van der Waals surface area contributed by atoms with Gasteiger partial charge >= 0.3 is 0 Å². The van der Waals surface area contributed by atoms with E-state index >= 15 is 0 Å². The summed E-state index contributed by atoms with van der Waals surface area (Å²) in [5.74, 6) is 2.42. The van der Waals surface area contributed by atoms with Crippen molar-refractivity contribution in [2.45, 2.75) is 13.0 Å². The van der Waals surface area contributed by atoms with E-state index in [2.05, 4.69) is 5.16 Å². The summed E-state index contributed by atoms with van der Waals surface area (Å²) in [6.45, 7) is 0.534. The van der Waals surface area contributed by atoms with Crippen LogP contribution >= 0.6 is 11.8 Å². The first-order valence-electron chi connectivity index (χ1n) is 6.51. The number of hydrogen-bond donors (Lipinski definition) is 2. The van der Waals surface area contributed by atoms with Crippen LogP contribution in [0.3, 0.4) is 0 Å². The minimum Gasteiger partial charge on any atom is -0.409 e. The lowest BCUT2D eigenvalue weighted by Crippen LogP contribution is -2.32. The Balaban J connectivity index is 2.03. The summed E-state index contributed by atoms with van der Waals surface area (Å²) < 4.78 is 0. The van der Waals surface area contributed by atoms with Crippen molar-refractivity contribution in [1.82, 2.24) is 4.90 Å². The Labute approximate surface area is 122 Å². The Hall–Kier alpha value is -1.69. The zero-order valence-corrected chi connectivity index (χ0v) is 12.3. The Kier molecular flexibility index (Phi) is 4.89. The molecule has 1 aliphatic rings. The van der Waals surface area contributed by atoms with E-state index in [1.165, 1.54) is 0 Å². The van der Waals surface area contributed by atoms with Crippen LogP contribution in [-0.2, 0) is 11.3 Å². The zero-order valence-electron chi connectivity index (χ0n) is 11.5. The minimum atomic E-state index is 0.0769. The smallest absolute Gasteiger partial charge is 0.226 e. The third-order valence-corrected chi connectivity index (χ3v) is 4.57. The van der Waals surface area contributed by atoms with Crippen LogP contribution in [0.2, 0.25) is 0 Å². The summed E-state index contributed by atoms with van der Waals surface area (Å²) >= 11 is 1.84. The maximum atomic E-state index is 12.2. The average Bonchev–Trinajstić information content (AvgIpc) is 3.00. The van der Waals surface area contributed by atoms with Crippen LogP contribution in [-0.4, -0.2) is 40.4 Å². The highest BCUT2D eigenvalue weighted by Crippen LogP contribution is 2.25. The monoisotopic (exact) mass is 293 g/mol. The first-order valence-corrected chi connectivity index (χ1v) is 7.67. The molecule has 5 nitrogen and oxygen atoms in total. The predicted molar refractivity (Wildman–Crippen MR) is 80.9 cm³/mol. The van der Waals surface area contributed by atoms with E-state index in [1.807, 2.05) is 37.0 Å². The summed E-state index contributed by atoms with van der Waals surface area (Å²) in [5.41, 5.74) is 7.19. The first-order chi connectivity index (χ1) is 9.61. The van der Waals surface area contributed by atoms with Gasteiger partial charge in [0.1, 0.15) is 0 Å². The highest BCUT2D eigenvalue weighted by atomic mass is 32.2. The predicted octanol–water partition coefficient (Wildman–Crippen LogP) is 1.49. The highest BCUT2D eigenvalue weighted by molar-refractivity contribution is 7.99. The number of amides is 1. The van der Waals surface area contributed by atoms with Crippen molar-refractivity contribution in [2.24, 2.45) is 16.8 Å². The number of nitrogens with zero attached hydrogens (tertiary/aromatic N) is 2. The topological polar surface area (TPSA) is 78.9 Å². The molecule has 20 heavy (non-hydrogen) atoms. The molecule has 0 saturated carbocycles. The van der Waals surface area contributed by atoms with Crippen LogP contribution in [0.15, 0.2) is 29.4 Å². The Bertz CT molecular complexity index is 513. The number of thioether (sulfide) groups is 1. The summed E-state index contributed by atoms with van der Waals surface area (Å²) in [6, 6.07) is 7.38. The van der Waals surface area contributed by atoms with E-state index in [-0.39, 0.29) is 17.7 Å². The first kappa shape index (κ1) is 14.7. The van der Waals surface area contributed by atoms with E-state index in [0.29, 0.717) is 12.1 Å². The van der Waals surface area contributed by atoms with Crippen molar-refractivity contribution >= 4 is 23.5 Å². The molecule has 1 fully saturated rings. The van der Waals surface area contributed by atoms with Gasteiger partial charge in [-0.1, -0.05) is 23.4 Å². The third-order valence-electron chi connectivity index (χ3n) is 3.41.